The molecule has 0 amide bonds. The van der Waals surface area contributed by atoms with Crippen LogP contribution in [-0.4, -0.2) is 38.5 Å². The van der Waals surface area contributed by atoms with E-state index in [9.17, 15) is 13.2 Å². The Morgan fingerprint density at radius 1 is 0.966 bits per heavy atom. The third-order valence-corrected chi connectivity index (χ3v) is 6.88. The fraction of sp³-hybridized carbons (Fsp3) is 0.381. The van der Waals surface area contributed by atoms with Crippen LogP contribution in [0.4, 0.5) is 0 Å². The highest BCUT2D eigenvalue weighted by atomic mass is 32.2. The molecule has 1 aliphatic rings. The second-order valence-electron chi connectivity index (χ2n) is 8.07. The Labute approximate surface area is 172 Å². The summed E-state index contributed by atoms with van der Waals surface area (Å²) in [5.74, 6) is -1.53. The predicted octanol–water partition coefficient (Wildman–Crippen LogP) is 2.50. The SMILES string of the molecule is CC1(C)OB(c2cccc(S(=O)(=O)CC(=O)OCc3ccccc3)c2)OC1(C)C. The van der Waals surface area contributed by atoms with Crippen molar-refractivity contribution >= 4 is 28.4 Å². The lowest BCUT2D eigenvalue weighted by Crippen LogP contribution is -2.41. The fourth-order valence-corrected chi connectivity index (χ4v) is 4.01. The van der Waals surface area contributed by atoms with E-state index in [1.165, 1.54) is 12.1 Å². The van der Waals surface area contributed by atoms with Crippen LogP contribution in [-0.2, 0) is 35.3 Å². The van der Waals surface area contributed by atoms with Crippen molar-refractivity contribution in [1.82, 2.24) is 0 Å². The Balaban J connectivity index is 1.70. The van der Waals surface area contributed by atoms with E-state index in [0.717, 1.165) is 5.56 Å². The van der Waals surface area contributed by atoms with Gasteiger partial charge in [-0.3, -0.25) is 4.79 Å². The zero-order valence-electron chi connectivity index (χ0n) is 17.0. The van der Waals surface area contributed by atoms with E-state index in [-0.39, 0.29) is 11.5 Å². The van der Waals surface area contributed by atoms with Crippen LogP contribution in [0.2, 0.25) is 0 Å². The van der Waals surface area contributed by atoms with Crippen LogP contribution in [0.5, 0.6) is 0 Å². The number of sulfone groups is 1. The lowest BCUT2D eigenvalue weighted by molar-refractivity contribution is -0.141. The van der Waals surface area contributed by atoms with Gasteiger partial charge < -0.3 is 14.0 Å². The number of benzene rings is 2. The Morgan fingerprint density at radius 2 is 1.59 bits per heavy atom. The largest absolute Gasteiger partial charge is 0.494 e. The highest BCUT2D eigenvalue weighted by Gasteiger charge is 2.51. The lowest BCUT2D eigenvalue weighted by Gasteiger charge is -2.32. The summed E-state index contributed by atoms with van der Waals surface area (Å²) in [7, 11) is -4.54. The van der Waals surface area contributed by atoms with Gasteiger partial charge in [-0.25, -0.2) is 8.42 Å². The molecule has 0 saturated carbocycles. The van der Waals surface area contributed by atoms with Crippen LogP contribution in [0.15, 0.2) is 59.5 Å². The average molecular weight is 416 g/mol. The predicted molar refractivity (Wildman–Crippen MR) is 110 cm³/mol. The van der Waals surface area contributed by atoms with Crippen LogP contribution in [0.3, 0.4) is 0 Å². The zero-order chi connectivity index (χ0) is 21.3. The van der Waals surface area contributed by atoms with E-state index < -0.39 is 39.9 Å². The standard InChI is InChI=1S/C21H25BO6S/c1-20(2)21(3,4)28-22(27-20)17-11-8-12-18(13-17)29(24,25)15-19(23)26-14-16-9-6-5-7-10-16/h5-13H,14-15H2,1-4H3. The van der Waals surface area contributed by atoms with Crippen molar-refractivity contribution in [2.75, 3.05) is 5.75 Å². The van der Waals surface area contributed by atoms with Crippen LogP contribution >= 0.6 is 0 Å². The highest BCUT2D eigenvalue weighted by Crippen LogP contribution is 2.36. The molecule has 1 heterocycles. The molecule has 29 heavy (non-hydrogen) atoms. The minimum atomic E-state index is -3.86. The molecule has 1 aliphatic heterocycles. The summed E-state index contributed by atoms with van der Waals surface area (Å²) in [4.78, 5) is 12.1. The smallest absolute Gasteiger partial charge is 0.460 e. The van der Waals surface area contributed by atoms with Gasteiger partial charge in [0.25, 0.3) is 0 Å². The Kier molecular flexibility index (Phi) is 5.90. The van der Waals surface area contributed by atoms with E-state index >= 15 is 0 Å². The second-order valence-corrected chi connectivity index (χ2v) is 10.1. The van der Waals surface area contributed by atoms with E-state index in [2.05, 4.69) is 0 Å². The van der Waals surface area contributed by atoms with E-state index in [1.807, 2.05) is 45.9 Å². The maximum atomic E-state index is 12.7. The van der Waals surface area contributed by atoms with Crippen molar-refractivity contribution in [3.63, 3.8) is 0 Å². The molecular formula is C21H25BO6S. The third-order valence-electron chi connectivity index (χ3n) is 5.29. The third kappa shape index (κ3) is 4.89. The van der Waals surface area contributed by atoms with Crippen LogP contribution in [0.25, 0.3) is 0 Å². The number of hydrogen-bond acceptors (Lipinski definition) is 6. The van der Waals surface area contributed by atoms with Crippen molar-refractivity contribution in [2.24, 2.45) is 0 Å². The first-order valence-electron chi connectivity index (χ1n) is 9.38. The first-order chi connectivity index (χ1) is 13.5. The molecule has 154 valence electrons. The number of esters is 1. The zero-order valence-corrected chi connectivity index (χ0v) is 17.9. The first kappa shape index (κ1) is 21.6. The molecule has 3 rings (SSSR count). The molecule has 2 aromatic carbocycles. The van der Waals surface area contributed by atoms with Gasteiger partial charge in [0.05, 0.1) is 16.1 Å². The van der Waals surface area contributed by atoms with E-state index in [1.54, 1.807) is 24.3 Å². The van der Waals surface area contributed by atoms with Crippen LogP contribution in [0, 0.1) is 0 Å². The van der Waals surface area contributed by atoms with Crippen LogP contribution < -0.4 is 5.46 Å². The average Bonchev–Trinajstić information content (AvgIpc) is 2.88. The topological polar surface area (TPSA) is 78.9 Å². The minimum Gasteiger partial charge on any atom is -0.460 e. The minimum absolute atomic E-state index is 0.0290. The molecule has 2 aromatic rings. The van der Waals surface area contributed by atoms with Gasteiger partial charge >= 0.3 is 13.1 Å². The van der Waals surface area contributed by atoms with Crippen molar-refractivity contribution in [1.29, 1.82) is 0 Å². The number of carbonyl (C=O) groups is 1. The molecule has 0 bridgehead atoms. The van der Waals surface area contributed by atoms with Gasteiger partial charge in [0.1, 0.15) is 6.61 Å². The number of carbonyl (C=O) groups excluding carboxylic acids is 1. The lowest BCUT2D eigenvalue weighted by atomic mass is 9.79. The monoisotopic (exact) mass is 416 g/mol. The number of ether oxygens (including phenoxy) is 1. The van der Waals surface area contributed by atoms with Crippen molar-refractivity contribution < 1.29 is 27.3 Å². The molecule has 0 aliphatic carbocycles. The fourth-order valence-electron chi connectivity index (χ4n) is 2.85. The van der Waals surface area contributed by atoms with Crippen molar-refractivity contribution in [2.45, 2.75) is 50.4 Å². The quantitative estimate of drug-likeness (QED) is 0.532. The van der Waals surface area contributed by atoms with Crippen molar-refractivity contribution in [3.8, 4) is 0 Å². The van der Waals surface area contributed by atoms with Gasteiger partial charge in [0, 0.05) is 0 Å². The van der Waals surface area contributed by atoms with Gasteiger partial charge in [-0.1, -0.05) is 42.5 Å². The molecule has 1 fully saturated rings. The summed E-state index contributed by atoms with van der Waals surface area (Å²) in [6.07, 6.45) is 0. The molecule has 6 nitrogen and oxygen atoms in total. The summed E-state index contributed by atoms with van der Waals surface area (Å²) in [6, 6.07) is 15.4. The Hall–Kier alpha value is -2.16. The molecule has 0 unspecified atom stereocenters. The summed E-state index contributed by atoms with van der Waals surface area (Å²) < 4.78 is 42.4. The Morgan fingerprint density at radius 3 is 2.21 bits per heavy atom. The molecule has 0 spiro atoms. The molecule has 0 aromatic heterocycles. The molecule has 0 atom stereocenters. The summed E-state index contributed by atoms with van der Waals surface area (Å²) in [5, 5.41) is 0. The molecular weight excluding hydrogens is 391 g/mol. The first-order valence-corrected chi connectivity index (χ1v) is 11.0. The molecule has 1 saturated heterocycles. The normalized spacial score (nSPS) is 17.9. The van der Waals surface area contributed by atoms with Crippen molar-refractivity contribution in [3.05, 3.63) is 60.2 Å². The summed E-state index contributed by atoms with van der Waals surface area (Å²) in [6.45, 7) is 7.74. The van der Waals surface area contributed by atoms with Crippen LogP contribution in [0.1, 0.15) is 33.3 Å². The van der Waals surface area contributed by atoms with Gasteiger partial charge in [-0.2, -0.15) is 0 Å². The number of rotatable bonds is 6. The highest BCUT2D eigenvalue weighted by molar-refractivity contribution is 7.92. The molecule has 0 N–H and O–H groups in total. The summed E-state index contributed by atoms with van der Waals surface area (Å²) in [5.41, 5.74) is 0.310. The molecule has 8 heteroatoms. The summed E-state index contributed by atoms with van der Waals surface area (Å²) >= 11 is 0. The maximum absolute atomic E-state index is 12.7. The van der Waals surface area contributed by atoms with E-state index in [0.29, 0.717) is 5.46 Å². The second kappa shape index (κ2) is 7.93. The Bertz CT molecular complexity index is 969. The van der Waals surface area contributed by atoms with Gasteiger partial charge in [0.2, 0.25) is 0 Å². The maximum Gasteiger partial charge on any atom is 0.494 e. The van der Waals surface area contributed by atoms with Gasteiger partial charge in [-0.15, -0.1) is 0 Å². The number of hydrogen-bond donors (Lipinski definition) is 0. The van der Waals surface area contributed by atoms with E-state index in [4.69, 9.17) is 14.0 Å². The molecule has 0 radical (unpaired) electrons. The van der Waals surface area contributed by atoms with Gasteiger partial charge in [0.15, 0.2) is 15.6 Å². The van der Waals surface area contributed by atoms with Gasteiger partial charge in [-0.05, 0) is 50.9 Å².